The predicted molar refractivity (Wildman–Crippen MR) is 71.6 cm³/mol. The molecule has 76 valence electrons. The van der Waals surface area contributed by atoms with Gasteiger partial charge in [-0.1, -0.05) is 42.5 Å². The van der Waals surface area contributed by atoms with Crippen LogP contribution >= 0.6 is 22.6 Å². The quantitative estimate of drug-likeness (QED) is 0.846. The second kappa shape index (κ2) is 4.77. The smallest absolute Gasteiger partial charge is 0.0552 e. The Labute approximate surface area is 103 Å². The van der Waals surface area contributed by atoms with Crippen LogP contribution in [-0.4, -0.2) is 0 Å². The first-order chi connectivity index (χ1) is 7.27. The van der Waals surface area contributed by atoms with Gasteiger partial charge in [0.2, 0.25) is 0 Å². The van der Waals surface area contributed by atoms with Crippen LogP contribution in [0.25, 0.3) is 0 Å². The maximum absolute atomic E-state index is 6.18. The fourth-order valence-electron chi connectivity index (χ4n) is 1.55. The van der Waals surface area contributed by atoms with Gasteiger partial charge in [-0.2, -0.15) is 0 Å². The largest absolute Gasteiger partial charge is 0.320 e. The fraction of sp³-hybridized carbons (Fsp3) is 0.0769. The van der Waals surface area contributed by atoms with Crippen LogP contribution in [0.2, 0.25) is 0 Å². The second-order valence-electron chi connectivity index (χ2n) is 3.44. The Morgan fingerprint density at radius 1 is 0.867 bits per heavy atom. The highest BCUT2D eigenvalue weighted by molar-refractivity contribution is 14.1. The maximum atomic E-state index is 6.18. The summed E-state index contributed by atoms with van der Waals surface area (Å²) in [7, 11) is 0. The number of halogens is 1. The van der Waals surface area contributed by atoms with Crippen molar-refractivity contribution in [3.63, 3.8) is 0 Å². The first kappa shape index (κ1) is 10.6. The van der Waals surface area contributed by atoms with Crippen LogP contribution in [-0.2, 0) is 0 Å². The van der Waals surface area contributed by atoms with Crippen molar-refractivity contribution in [2.45, 2.75) is 6.04 Å². The SMILES string of the molecule is NC(c1ccccc1)c1cccc(I)c1. The van der Waals surface area contributed by atoms with Crippen molar-refractivity contribution in [1.82, 2.24) is 0 Å². The second-order valence-corrected chi connectivity index (χ2v) is 4.69. The molecule has 1 nitrogen and oxygen atoms in total. The van der Waals surface area contributed by atoms with Crippen molar-refractivity contribution in [2.75, 3.05) is 0 Å². The van der Waals surface area contributed by atoms with Crippen molar-refractivity contribution >= 4 is 22.6 Å². The lowest BCUT2D eigenvalue weighted by Gasteiger charge is -2.12. The third-order valence-electron chi connectivity index (χ3n) is 2.37. The van der Waals surface area contributed by atoms with E-state index in [0.717, 1.165) is 11.1 Å². The molecule has 2 heteroatoms. The summed E-state index contributed by atoms with van der Waals surface area (Å²) >= 11 is 2.30. The zero-order valence-corrected chi connectivity index (χ0v) is 10.4. The Hall–Kier alpha value is -0.870. The van der Waals surface area contributed by atoms with Crippen molar-refractivity contribution in [1.29, 1.82) is 0 Å². The third kappa shape index (κ3) is 2.58. The van der Waals surface area contributed by atoms with E-state index < -0.39 is 0 Å². The summed E-state index contributed by atoms with van der Waals surface area (Å²) in [5.74, 6) is 0. The van der Waals surface area contributed by atoms with E-state index in [1.54, 1.807) is 0 Å². The first-order valence-electron chi connectivity index (χ1n) is 4.83. The summed E-state index contributed by atoms with van der Waals surface area (Å²) < 4.78 is 1.22. The zero-order valence-electron chi connectivity index (χ0n) is 8.23. The van der Waals surface area contributed by atoms with Crippen LogP contribution in [0.5, 0.6) is 0 Å². The van der Waals surface area contributed by atoms with Gasteiger partial charge in [0.05, 0.1) is 6.04 Å². The highest BCUT2D eigenvalue weighted by Crippen LogP contribution is 2.20. The molecule has 2 N–H and O–H groups in total. The minimum atomic E-state index is -0.0269. The van der Waals surface area contributed by atoms with Gasteiger partial charge in [0.25, 0.3) is 0 Å². The molecular weight excluding hydrogens is 297 g/mol. The molecule has 0 aromatic heterocycles. The molecule has 0 saturated heterocycles. The van der Waals surface area contributed by atoms with E-state index in [2.05, 4.69) is 52.9 Å². The van der Waals surface area contributed by atoms with E-state index in [1.165, 1.54) is 3.57 Å². The topological polar surface area (TPSA) is 26.0 Å². The highest BCUT2D eigenvalue weighted by Gasteiger charge is 2.07. The lowest BCUT2D eigenvalue weighted by atomic mass is 10.00. The molecule has 0 aliphatic heterocycles. The molecule has 0 spiro atoms. The Morgan fingerprint density at radius 2 is 1.53 bits per heavy atom. The lowest BCUT2D eigenvalue weighted by Crippen LogP contribution is -2.11. The highest BCUT2D eigenvalue weighted by atomic mass is 127. The predicted octanol–water partition coefficient (Wildman–Crippen LogP) is 3.34. The molecule has 2 rings (SSSR count). The van der Waals surface area contributed by atoms with Gasteiger partial charge >= 0.3 is 0 Å². The van der Waals surface area contributed by atoms with Gasteiger partial charge in [0, 0.05) is 3.57 Å². The number of benzene rings is 2. The summed E-state index contributed by atoms with van der Waals surface area (Å²) in [5, 5.41) is 0. The molecule has 0 saturated carbocycles. The number of hydrogen-bond acceptors (Lipinski definition) is 1. The summed E-state index contributed by atoms with van der Waals surface area (Å²) in [6.45, 7) is 0. The maximum Gasteiger partial charge on any atom is 0.0552 e. The van der Waals surface area contributed by atoms with E-state index in [4.69, 9.17) is 5.73 Å². The number of nitrogens with two attached hydrogens (primary N) is 1. The van der Waals surface area contributed by atoms with E-state index >= 15 is 0 Å². The van der Waals surface area contributed by atoms with E-state index in [9.17, 15) is 0 Å². The number of hydrogen-bond donors (Lipinski definition) is 1. The summed E-state index contributed by atoms with van der Waals surface area (Å²) in [4.78, 5) is 0. The van der Waals surface area contributed by atoms with Crippen LogP contribution in [0.1, 0.15) is 17.2 Å². The Balaban J connectivity index is 2.32. The Kier molecular flexibility index (Phi) is 3.38. The molecule has 0 bridgehead atoms. The van der Waals surface area contributed by atoms with Crippen LogP contribution in [0.3, 0.4) is 0 Å². The van der Waals surface area contributed by atoms with Crippen LogP contribution < -0.4 is 5.73 Å². The van der Waals surface area contributed by atoms with Gasteiger partial charge in [-0.05, 0) is 45.9 Å². The normalized spacial score (nSPS) is 12.4. The van der Waals surface area contributed by atoms with Gasteiger partial charge in [-0.15, -0.1) is 0 Å². The molecule has 0 aliphatic rings. The lowest BCUT2D eigenvalue weighted by molar-refractivity contribution is 0.870. The van der Waals surface area contributed by atoms with Gasteiger partial charge < -0.3 is 5.73 Å². The summed E-state index contributed by atoms with van der Waals surface area (Å²) in [6, 6.07) is 18.4. The molecule has 0 heterocycles. The fourth-order valence-corrected chi connectivity index (χ4v) is 2.12. The minimum Gasteiger partial charge on any atom is -0.320 e. The Morgan fingerprint density at radius 3 is 2.20 bits per heavy atom. The molecular formula is C13H12IN. The Bertz CT molecular complexity index is 439. The van der Waals surface area contributed by atoms with Gasteiger partial charge in [0.1, 0.15) is 0 Å². The monoisotopic (exact) mass is 309 g/mol. The van der Waals surface area contributed by atoms with Crippen molar-refractivity contribution < 1.29 is 0 Å². The van der Waals surface area contributed by atoms with Gasteiger partial charge in [-0.25, -0.2) is 0 Å². The molecule has 1 unspecified atom stereocenters. The zero-order chi connectivity index (χ0) is 10.7. The van der Waals surface area contributed by atoms with Crippen LogP contribution in [0.15, 0.2) is 54.6 Å². The van der Waals surface area contributed by atoms with Crippen LogP contribution in [0, 0.1) is 3.57 Å². The van der Waals surface area contributed by atoms with Crippen LogP contribution in [0.4, 0.5) is 0 Å². The minimum absolute atomic E-state index is 0.0269. The van der Waals surface area contributed by atoms with Gasteiger partial charge in [0.15, 0.2) is 0 Å². The van der Waals surface area contributed by atoms with Crippen molar-refractivity contribution in [3.8, 4) is 0 Å². The molecule has 0 radical (unpaired) electrons. The van der Waals surface area contributed by atoms with Crippen molar-refractivity contribution in [2.24, 2.45) is 5.73 Å². The average molecular weight is 309 g/mol. The van der Waals surface area contributed by atoms with Crippen molar-refractivity contribution in [3.05, 3.63) is 69.3 Å². The van der Waals surface area contributed by atoms with E-state index in [1.807, 2.05) is 24.3 Å². The molecule has 0 aliphatic carbocycles. The standard InChI is InChI=1S/C13H12IN/c14-12-8-4-7-11(9-12)13(15)10-5-2-1-3-6-10/h1-9,13H,15H2. The molecule has 0 fully saturated rings. The summed E-state index contributed by atoms with van der Waals surface area (Å²) in [6.07, 6.45) is 0. The number of rotatable bonds is 2. The summed E-state index contributed by atoms with van der Waals surface area (Å²) in [5.41, 5.74) is 8.49. The van der Waals surface area contributed by atoms with Gasteiger partial charge in [-0.3, -0.25) is 0 Å². The molecule has 15 heavy (non-hydrogen) atoms. The molecule has 2 aromatic carbocycles. The molecule has 1 atom stereocenters. The molecule has 0 amide bonds. The van der Waals surface area contributed by atoms with E-state index in [0.29, 0.717) is 0 Å². The third-order valence-corrected chi connectivity index (χ3v) is 3.04. The molecule has 2 aromatic rings. The first-order valence-corrected chi connectivity index (χ1v) is 5.91. The average Bonchev–Trinajstić information content (AvgIpc) is 2.29. The van der Waals surface area contributed by atoms with E-state index in [-0.39, 0.29) is 6.04 Å².